The summed E-state index contributed by atoms with van der Waals surface area (Å²) in [4.78, 5) is 15.5. The minimum Gasteiger partial charge on any atom is -0.481 e. The minimum atomic E-state index is -0.714. The van der Waals surface area contributed by atoms with Crippen LogP contribution in [0.3, 0.4) is 0 Å². The summed E-state index contributed by atoms with van der Waals surface area (Å²) in [5.74, 6) is -0.714. The van der Waals surface area contributed by atoms with Gasteiger partial charge in [-0.15, -0.1) is 0 Å². The highest BCUT2D eigenvalue weighted by Crippen LogP contribution is 2.24. The number of hydrogen-bond donors (Lipinski definition) is 2. The molecule has 2 N–H and O–H groups in total. The molecule has 1 aliphatic heterocycles. The van der Waals surface area contributed by atoms with E-state index in [1.807, 2.05) is 0 Å². The third-order valence-corrected chi connectivity index (χ3v) is 3.71. The van der Waals surface area contributed by atoms with E-state index in [9.17, 15) is 4.79 Å². The van der Waals surface area contributed by atoms with E-state index >= 15 is 0 Å². The molecule has 5 nitrogen and oxygen atoms in total. The Morgan fingerprint density at radius 3 is 2.72 bits per heavy atom. The van der Waals surface area contributed by atoms with Gasteiger partial charge in [0.25, 0.3) is 0 Å². The number of aliphatic carboxylic acids is 1. The molecular weight excluding hydrogens is 230 g/mol. The van der Waals surface area contributed by atoms with Crippen molar-refractivity contribution in [1.82, 2.24) is 15.1 Å². The number of likely N-dealkylation sites (N-methyl/N-ethyl adjacent to an activating group) is 1. The Morgan fingerprint density at radius 1 is 1.50 bits per heavy atom. The maximum atomic E-state index is 11.0. The van der Waals surface area contributed by atoms with Crippen molar-refractivity contribution in [2.24, 2.45) is 0 Å². The van der Waals surface area contributed by atoms with Gasteiger partial charge in [-0.05, 0) is 40.9 Å². The number of carboxylic acids is 1. The van der Waals surface area contributed by atoms with Crippen molar-refractivity contribution in [3.05, 3.63) is 0 Å². The lowest BCUT2D eigenvalue weighted by molar-refractivity contribution is -0.138. The SMILES string of the molecule is CN(C)CCN1C(CC(=O)O)CNCCC1(C)C. The lowest BCUT2D eigenvalue weighted by Crippen LogP contribution is -2.53. The second-order valence-corrected chi connectivity index (χ2v) is 6.01. The smallest absolute Gasteiger partial charge is 0.304 e. The summed E-state index contributed by atoms with van der Waals surface area (Å²) in [6, 6.07) is 0.0833. The van der Waals surface area contributed by atoms with Crippen LogP contribution in [-0.4, -0.2) is 72.7 Å². The Balaban J connectivity index is 2.77. The van der Waals surface area contributed by atoms with Crippen LogP contribution in [-0.2, 0) is 4.79 Å². The fraction of sp³-hybridized carbons (Fsp3) is 0.923. The lowest BCUT2D eigenvalue weighted by atomic mass is 9.96. The zero-order chi connectivity index (χ0) is 13.8. The maximum absolute atomic E-state index is 11.0. The van der Waals surface area contributed by atoms with Crippen LogP contribution in [0.15, 0.2) is 0 Å². The van der Waals surface area contributed by atoms with Gasteiger partial charge in [0.15, 0.2) is 0 Å². The molecule has 18 heavy (non-hydrogen) atoms. The lowest BCUT2D eigenvalue weighted by Gasteiger charge is -2.42. The van der Waals surface area contributed by atoms with Crippen LogP contribution in [0.5, 0.6) is 0 Å². The van der Waals surface area contributed by atoms with Crippen molar-refractivity contribution in [3.63, 3.8) is 0 Å². The fourth-order valence-corrected chi connectivity index (χ4v) is 2.59. The monoisotopic (exact) mass is 257 g/mol. The van der Waals surface area contributed by atoms with E-state index in [2.05, 4.69) is 43.1 Å². The second-order valence-electron chi connectivity index (χ2n) is 6.01. The van der Waals surface area contributed by atoms with Gasteiger partial charge in [0, 0.05) is 31.2 Å². The first-order valence-corrected chi connectivity index (χ1v) is 6.67. The van der Waals surface area contributed by atoms with E-state index in [-0.39, 0.29) is 18.0 Å². The van der Waals surface area contributed by atoms with Crippen molar-refractivity contribution >= 4 is 5.97 Å². The zero-order valence-corrected chi connectivity index (χ0v) is 12.1. The molecule has 0 spiro atoms. The number of carboxylic acid groups (broad SMARTS) is 1. The predicted molar refractivity (Wildman–Crippen MR) is 72.9 cm³/mol. The van der Waals surface area contributed by atoms with Gasteiger partial charge >= 0.3 is 5.97 Å². The number of nitrogens with zero attached hydrogens (tertiary/aromatic N) is 2. The van der Waals surface area contributed by atoms with Crippen LogP contribution in [0.1, 0.15) is 26.7 Å². The van der Waals surface area contributed by atoms with Gasteiger partial charge < -0.3 is 15.3 Å². The molecule has 0 bridgehead atoms. The molecule has 1 rings (SSSR count). The summed E-state index contributed by atoms with van der Waals surface area (Å²) in [5.41, 5.74) is 0.0552. The van der Waals surface area contributed by atoms with Gasteiger partial charge in [-0.3, -0.25) is 9.69 Å². The standard InChI is InChI=1S/C13H27N3O2/c1-13(2)5-6-14-10-11(9-12(17)18)16(13)8-7-15(3)4/h11,14H,5-10H2,1-4H3,(H,17,18). The van der Waals surface area contributed by atoms with Crippen LogP contribution in [0.2, 0.25) is 0 Å². The quantitative estimate of drug-likeness (QED) is 0.749. The summed E-state index contributed by atoms with van der Waals surface area (Å²) in [6.45, 7) is 8.03. The Kier molecular flexibility index (Phi) is 5.56. The van der Waals surface area contributed by atoms with E-state index in [1.54, 1.807) is 0 Å². The fourth-order valence-electron chi connectivity index (χ4n) is 2.59. The van der Waals surface area contributed by atoms with Crippen LogP contribution >= 0.6 is 0 Å². The normalized spacial score (nSPS) is 25.1. The first-order chi connectivity index (χ1) is 8.33. The molecular formula is C13H27N3O2. The summed E-state index contributed by atoms with van der Waals surface area (Å²) >= 11 is 0. The maximum Gasteiger partial charge on any atom is 0.304 e. The predicted octanol–water partition coefficient (Wildman–Crippen LogP) is 0.465. The van der Waals surface area contributed by atoms with Crippen LogP contribution in [0.25, 0.3) is 0 Å². The topological polar surface area (TPSA) is 55.8 Å². The Hall–Kier alpha value is -0.650. The van der Waals surface area contributed by atoms with Crippen molar-refractivity contribution in [1.29, 1.82) is 0 Å². The molecule has 5 heteroatoms. The Labute approximate surface area is 110 Å². The van der Waals surface area contributed by atoms with Gasteiger partial charge in [0.1, 0.15) is 0 Å². The molecule has 0 aromatic carbocycles. The van der Waals surface area contributed by atoms with E-state index < -0.39 is 5.97 Å². The Morgan fingerprint density at radius 2 is 2.17 bits per heavy atom. The number of carbonyl (C=O) groups is 1. The van der Waals surface area contributed by atoms with Crippen molar-refractivity contribution in [3.8, 4) is 0 Å². The highest BCUT2D eigenvalue weighted by molar-refractivity contribution is 5.67. The van der Waals surface area contributed by atoms with Gasteiger partial charge in [-0.25, -0.2) is 0 Å². The zero-order valence-electron chi connectivity index (χ0n) is 12.1. The first-order valence-electron chi connectivity index (χ1n) is 6.67. The first kappa shape index (κ1) is 15.4. The molecule has 1 heterocycles. The van der Waals surface area contributed by atoms with Crippen LogP contribution in [0, 0.1) is 0 Å². The van der Waals surface area contributed by atoms with E-state index in [0.717, 1.165) is 32.6 Å². The van der Waals surface area contributed by atoms with Crippen molar-refractivity contribution in [2.45, 2.75) is 38.3 Å². The molecule has 1 aliphatic rings. The minimum absolute atomic E-state index is 0.0552. The van der Waals surface area contributed by atoms with E-state index in [4.69, 9.17) is 5.11 Å². The molecule has 1 atom stereocenters. The summed E-state index contributed by atoms with van der Waals surface area (Å²) in [7, 11) is 4.10. The molecule has 0 saturated carbocycles. The van der Waals surface area contributed by atoms with Gasteiger partial charge in [-0.1, -0.05) is 0 Å². The third kappa shape index (κ3) is 4.55. The number of hydrogen-bond acceptors (Lipinski definition) is 4. The molecule has 0 aromatic heterocycles. The van der Waals surface area contributed by atoms with Gasteiger partial charge in [0.05, 0.1) is 6.42 Å². The third-order valence-electron chi connectivity index (χ3n) is 3.71. The molecule has 1 unspecified atom stereocenters. The molecule has 0 amide bonds. The second kappa shape index (κ2) is 6.50. The van der Waals surface area contributed by atoms with Crippen LogP contribution < -0.4 is 5.32 Å². The number of nitrogens with one attached hydrogen (secondary N) is 1. The van der Waals surface area contributed by atoms with E-state index in [1.165, 1.54) is 0 Å². The molecule has 0 aliphatic carbocycles. The number of rotatable bonds is 5. The molecule has 0 aromatic rings. The highest BCUT2D eigenvalue weighted by atomic mass is 16.4. The molecule has 0 radical (unpaired) electrons. The molecule has 106 valence electrons. The summed E-state index contributed by atoms with van der Waals surface area (Å²) in [6.07, 6.45) is 1.26. The summed E-state index contributed by atoms with van der Waals surface area (Å²) < 4.78 is 0. The van der Waals surface area contributed by atoms with E-state index in [0.29, 0.717) is 0 Å². The van der Waals surface area contributed by atoms with Crippen molar-refractivity contribution in [2.75, 3.05) is 40.3 Å². The average molecular weight is 257 g/mol. The molecule has 1 fully saturated rings. The van der Waals surface area contributed by atoms with Gasteiger partial charge in [0.2, 0.25) is 0 Å². The van der Waals surface area contributed by atoms with Crippen molar-refractivity contribution < 1.29 is 9.90 Å². The average Bonchev–Trinajstić information content (AvgIpc) is 2.34. The van der Waals surface area contributed by atoms with Crippen LogP contribution in [0.4, 0.5) is 0 Å². The van der Waals surface area contributed by atoms with Gasteiger partial charge in [-0.2, -0.15) is 0 Å². The largest absolute Gasteiger partial charge is 0.481 e. The molecule has 1 saturated heterocycles. The Bertz CT molecular complexity index is 279. The highest BCUT2D eigenvalue weighted by Gasteiger charge is 2.35. The summed E-state index contributed by atoms with van der Waals surface area (Å²) in [5, 5.41) is 12.4.